The van der Waals surface area contributed by atoms with E-state index in [9.17, 15) is 9.59 Å². The number of hydrogen-bond acceptors (Lipinski definition) is 6. The van der Waals surface area contributed by atoms with Crippen LogP contribution in [-0.4, -0.2) is 38.2 Å². The van der Waals surface area contributed by atoms with E-state index < -0.39 is 0 Å². The number of rotatable bonds is 4. The second-order valence-electron chi connectivity index (χ2n) is 8.74. The lowest BCUT2D eigenvalue weighted by Gasteiger charge is -2.31. The van der Waals surface area contributed by atoms with Gasteiger partial charge in [0.15, 0.2) is 11.7 Å². The van der Waals surface area contributed by atoms with Gasteiger partial charge in [0.25, 0.3) is 5.91 Å². The molecule has 1 saturated heterocycles. The Balaban J connectivity index is 1.50. The highest BCUT2D eigenvalue weighted by atomic mass is 16.4. The van der Waals surface area contributed by atoms with Crippen LogP contribution in [0, 0.1) is 20.8 Å². The lowest BCUT2D eigenvalue weighted by Crippen LogP contribution is -2.37. The van der Waals surface area contributed by atoms with Crippen LogP contribution in [0.25, 0.3) is 0 Å². The van der Waals surface area contributed by atoms with Crippen LogP contribution >= 0.6 is 0 Å². The quantitative estimate of drug-likeness (QED) is 0.606. The van der Waals surface area contributed by atoms with Crippen molar-refractivity contribution in [3.05, 3.63) is 70.3 Å². The first-order valence-electron chi connectivity index (χ1n) is 11.4. The normalized spacial score (nSPS) is 18.0. The number of aromatic nitrogens is 3. The second kappa shape index (κ2) is 8.42. The number of amides is 2. The number of carbonyl (C=O) groups is 2. The fraction of sp³-hybridized carbons (Fsp3) is 0.400. The van der Waals surface area contributed by atoms with Gasteiger partial charge in [-0.25, -0.2) is 15.0 Å². The summed E-state index contributed by atoms with van der Waals surface area (Å²) in [4.78, 5) is 43.6. The molecule has 5 rings (SSSR count). The van der Waals surface area contributed by atoms with Crippen molar-refractivity contribution in [3.63, 3.8) is 0 Å². The minimum absolute atomic E-state index is 0.0579. The molecular formula is C25H27N5O3. The van der Waals surface area contributed by atoms with Crippen molar-refractivity contribution in [3.8, 4) is 0 Å². The molecule has 2 aromatic heterocycles. The summed E-state index contributed by atoms with van der Waals surface area (Å²) < 4.78 is 5.59. The molecule has 0 radical (unpaired) electrons. The van der Waals surface area contributed by atoms with Gasteiger partial charge in [0, 0.05) is 31.1 Å². The van der Waals surface area contributed by atoms with Gasteiger partial charge in [-0.1, -0.05) is 30.3 Å². The van der Waals surface area contributed by atoms with Crippen molar-refractivity contribution >= 4 is 17.6 Å². The van der Waals surface area contributed by atoms with Crippen LogP contribution < -0.4 is 4.90 Å². The zero-order valence-corrected chi connectivity index (χ0v) is 19.2. The van der Waals surface area contributed by atoms with Crippen LogP contribution in [0.15, 0.2) is 34.7 Å². The molecule has 0 N–H and O–H groups in total. The average Bonchev–Trinajstić information content (AvgIpc) is 3.42. The number of aryl methyl sites for hydroxylation is 3. The zero-order valence-electron chi connectivity index (χ0n) is 19.2. The molecule has 170 valence electrons. The van der Waals surface area contributed by atoms with Gasteiger partial charge in [-0.2, -0.15) is 0 Å². The first-order chi connectivity index (χ1) is 15.9. The van der Waals surface area contributed by atoms with E-state index in [1.165, 1.54) is 0 Å². The standard InChI is InChI=1S/C25H27N5O3/c1-15-19-11-12-21(31)30(14-18-8-5-4-6-9-18)24(19)28-23(27-15)20-10-7-13-29(20)25(32)22-16(2)26-17(3)33-22/h4-6,8-9,20H,7,10-14H2,1-3H3/t20-/m1/s1. The van der Waals surface area contributed by atoms with Crippen LogP contribution in [0.2, 0.25) is 0 Å². The molecule has 1 atom stereocenters. The Morgan fingerprint density at radius 3 is 2.58 bits per heavy atom. The number of benzene rings is 1. The van der Waals surface area contributed by atoms with Gasteiger partial charge in [0.1, 0.15) is 5.82 Å². The molecule has 0 unspecified atom stereocenters. The van der Waals surface area contributed by atoms with Crippen molar-refractivity contribution in [2.45, 2.75) is 59.0 Å². The first kappa shape index (κ1) is 21.3. The molecular weight excluding hydrogens is 418 g/mol. The fourth-order valence-electron chi connectivity index (χ4n) is 4.82. The SMILES string of the molecule is Cc1nc(C)c(C(=O)N2CCC[C@@H]2c2nc(C)c3c(n2)N(Cc2ccccc2)C(=O)CC3)o1. The minimum Gasteiger partial charge on any atom is -0.436 e. The van der Waals surface area contributed by atoms with Gasteiger partial charge in [-0.15, -0.1) is 0 Å². The average molecular weight is 446 g/mol. The van der Waals surface area contributed by atoms with Crippen LogP contribution in [0.5, 0.6) is 0 Å². The monoisotopic (exact) mass is 445 g/mol. The third-order valence-electron chi connectivity index (χ3n) is 6.45. The number of carbonyl (C=O) groups excluding carboxylic acids is 2. The molecule has 4 heterocycles. The predicted molar refractivity (Wildman–Crippen MR) is 122 cm³/mol. The summed E-state index contributed by atoms with van der Waals surface area (Å²) in [6.07, 6.45) is 2.70. The highest BCUT2D eigenvalue weighted by Crippen LogP contribution is 2.36. The first-order valence-corrected chi connectivity index (χ1v) is 11.4. The number of anilines is 1. The summed E-state index contributed by atoms with van der Waals surface area (Å²) in [5, 5.41) is 0. The molecule has 0 spiro atoms. The fourth-order valence-corrected chi connectivity index (χ4v) is 4.82. The lowest BCUT2D eigenvalue weighted by atomic mass is 10.0. The second-order valence-corrected chi connectivity index (χ2v) is 8.74. The van der Waals surface area contributed by atoms with Gasteiger partial charge in [-0.3, -0.25) is 14.5 Å². The highest BCUT2D eigenvalue weighted by Gasteiger charge is 2.37. The topological polar surface area (TPSA) is 92.4 Å². The molecule has 0 saturated carbocycles. The van der Waals surface area contributed by atoms with Crippen molar-refractivity contribution in [2.24, 2.45) is 0 Å². The Morgan fingerprint density at radius 2 is 1.85 bits per heavy atom. The third-order valence-corrected chi connectivity index (χ3v) is 6.45. The van der Waals surface area contributed by atoms with E-state index in [0.29, 0.717) is 49.2 Å². The molecule has 3 aromatic rings. The van der Waals surface area contributed by atoms with Gasteiger partial charge in [-0.05, 0) is 38.7 Å². The minimum atomic E-state index is -0.262. The lowest BCUT2D eigenvalue weighted by molar-refractivity contribution is -0.119. The summed E-state index contributed by atoms with van der Waals surface area (Å²) in [6, 6.07) is 9.66. The summed E-state index contributed by atoms with van der Waals surface area (Å²) in [5.41, 5.74) is 3.51. The smallest absolute Gasteiger partial charge is 0.292 e. The molecule has 2 aliphatic rings. The Morgan fingerprint density at radius 1 is 1.06 bits per heavy atom. The number of likely N-dealkylation sites (tertiary alicyclic amines) is 1. The molecule has 8 heteroatoms. The number of nitrogens with zero attached hydrogens (tertiary/aromatic N) is 5. The molecule has 0 bridgehead atoms. The van der Waals surface area contributed by atoms with Crippen molar-refractivity contribution in [1.82, 2.24) is 19.9 Å². The summed E-state index contributed by atoms with van der Waals surface area (Å²) in [5.74, 6) is 1.87. The largest absolute Gasteiger partial charge is 0.436 e. The van der Waals surface area contributed by atoms with Crippen molar-refractivity contribution in [1.29, 1.82) is 0 Å². The maximum Gasteiger partial charge on any atom is 0.292 e. The van der Waals surface area contributed by atoms with E-state index in [4.69, 9.17) is 14.4 Å². The summed E-state index contributed by atoms with van der Waals surface area (Å²) in [6.45, 7) is 6.55. The van der Waals surface area contributed by atoms with Crippen molar-refractivity contribution < 1.29 is 14.0 Å². The summed E-state index contributed by atoms with van der Waals surface area (Å²) >= 11 is 0. The molecule has 0 aliphatic carbocycles. The van der Waals surface area contributed by atoms with E-state index in [0.717, 1.165) is 29.7 Å². The maximum absolute atomic E-state index is 13.3. The van der Waals surface area contributed by atoms with Gasteiger partial charge >= 0.3 is 0 Å². The molecule has 1 fully saturated rings. The maximum atomic E-state index is 13.3. The van der Waals surface area contributed by atoms with Gasteiger partial charge in [0.2, 0.25) is 11.7 Å². The summed E-state index contributed by atoms with van der Waals surface area (Å²) in [7, 11) is 0. The van der Waals surface area contributed by atoms with Crippen LogP contribution in [0.1, 0.15) is 70.1 Å². The Labute approximate surface area is 192 Å². The van der Waals surface area contributed by atoms with Crippen LogP contribution in [-0.2, 0) is 17.8 Å². The number of oxazole rings is 1. The Bertz CT molecular complexity index is 1220. The highest BCUT2D eigenvalue weighted by molar-refractivity contribution is 5.95. The van der Waals surface area contributed by atoms with E-state index in [2.05, 4.69) is 4.98 Å². The Hall–Kier alpha value is -3.55. The van der Waals surface area contributed by atoms with Crippen molar-refractivity contribution in [2.75, 3.05) is 11.4 Å². The number of hydrogen-bond donors (Lipinski definition) is 0. The van der Waals surface area contributed by atoms with Crippen LogP contribution in [0.3, 0.4) is 0 Å². The predicted octanol–water partition coefficient (Wildman–Crippen LogP) is 3.85. The number of fused-ring (bicyclic) bond motifs is 1. The van der Waals surface area contributed by atoms with Gasteiger partial charge in [0.05, 0.1) is 18.3 Å². The van der Waals surface area contributed by atoms with Gasteiger partial charge < -0.3 is 9.32 Å². The van der Waals surface area contributed by atoms with E-state index in [-0.39, 0.29) is 23.6 Å². The van der Waals surface area contributed by atoms with E-state index in [1.807, 2.05) is 37.3 Å². The zero-order chi connectivity index (χ0) is 23.1. The Kier molecular flexibility index (Phi) is 5.44. The van der Waals surface area contributed by atoms with E-state index >= 15 is 0 Å². The third kappa shape index (κ3) is 3.90. The van der Waals surface area contributed by atoms with Crippen LogP contribution in [0.4, 0.5) is 5.82 Å². The molecule has 2 aliphatic heterocycles. The molecule has 2 amide bonds. The van der Waals surface area contributed by atoms with E-state index in [1.54, 1.807) is 23.6 Å². The molecule has 8 nitrogen and oxygen atoms in total. The molecule has 1 aromatic carbocycles. The molecule has 33 heavy (non-hydrogen) atoms.